The molecule has 0 fully saturated rings. The zero-order valence-electron chi connectivity index (χ0n) is 11.2. The molecule has 1 N–H and O–H groups in total. The molecule has 0 bridgehead atoms. The van der Waals surface area contributed by atoms with E-state index in [1.807, 2.05) is 27.7 Å². The van der Waals surface area contributed by atoms with E-state index in [4.69, 9.17) is 0 Å². The minimum atomic E-state index is -0.439. The number of carbonyl (C=O) groups is 2. The fourth-order valence-corrected chi connectivity index (χ4v) is 1.91. The first-order chi connectivity index (χ1) is 8.36. The summed E-state index contributed by atoms with van der Waals surface area (Å²) in [7, 11) is 0. The average Bonchev–Trinajstić information content (AvgIpc) is 2.72. The van der Waals surface area contributed by atoms with Crippen LogP contribution in [0.5, 0.6) is 0 Å². The van der Waals surface area contributed by atoms with Gasteiger partial charge in [0.05, 0.1) is 12.2 Å². The maximum absolute atomic E-state index is 11.9. The van der Waals surface area contributed by atoms with E-state index in [0.717, 1.165) is 24.4 Å². The Hall–Kier alpha value is -1.30. The Morgan fingerprint density at radius 1 is 1.33 bits per heavy atom. The third-order valence-electron chi connectivity index (χ3n) is 2.49. The van der Waals surface area contributed by atoms with E-state index in [-0.39, 0.29) is 18.2 Å². The standard InChI is InChI=1S/C12H19N3O2S/c1-5-6-8-10(18-15-14-8)11(17)13-7-9(16)12(2,3)4/h5-7H2,1-4H3,(H,13,17). The van der Waals surface area contributed by atoms with E-state index in [0.29, 0.717) is 10.6 Å². The number of ketones is 1. The molecular formula is C12H19N3O2S. The highest BCUT2D eigenvalue weighted by Crippen LogP contribution is 2.15. The molecule has 18 heavy (non-hydrogen) atoms. The Bertz CT molecular complexity index is 435. The number of Topliss-reactive ketones (excluding diaryl/α,β-unsaturated/α-hetero) is 1. The van der Waals surface area contributed by atoms with Crippen molar-refractivity contribution in [2.45, 2.75) is 40.5 Å². The van der Waals surface area contributed by atoms with Crippen LogP contribution in [-0.4, -0.2) is 27.8 Å². The van der Waals surface area contributed by atoms with Crippen molar-refractivity contribution < 1.29 is 9.59 Å². The van der Waals surface area contributed by atoms with Crippen LogP contribution < -0.4 is 5.32 Å². The summed E-state index contributed by atoms with van der Waals surface area (Å²) >= 11 is 1.07. The fourth-order valence-electron chi connectivity index (χ4n) is 1.29. The lowest BCUT2D eigenvalue weighted by molar-refractivity contribution is -0.125. The lowest BCUT2D eigenvalue weighted by atomic mass is 9.91. The molecule has 0 aromatic carbocycles. The van der Waals surface area contributed by atoms with Crippen LogP contribution in [0.2, 0.25) is 0 Å². The molecule has 0 radical (unpaired) electrons. The van der Waals surface area contributed by atoms with Gasteiger partial charge in [0.15, 0.2) is 5.78 Å². The summed E-state index contributed by atoms with van der Waals surface area (Å²) in [4.78, 5) is 24.1. The van der Waals surface area contributed by atoms with Crippen molar-refractivity contribution in [3.05, 3.63) is 10.6 Å². The van der Waals surface area contributed by atoms with E-state index in [1.54, 1.807) is 0 Å². The van der Waals surface area contributed by atoms with Gasteiger partial charge in [-0.05, 0) is 18.0 Å². The van der Waals surface area contributed by atoms with Crippen LogP contribution in [0, 0.1) is 5.41 Å². The van der Waals surface area contributed by atoms with Crippen LogP contribution in [0.4, 0.5) is 0 Å². The zero-order chi connectivity index (χ0) is 13.8. The molecule has 5 nitrogen and oxygen atoms in total. The summed E-state index contributed by atoms with van der Waals surface area (Å²) in [5, 5.41) is 6.56. The average molecular weight is 269 g/mol. The second kappa shape index (κ2) is 6.04. The molecule has 0 aliphatic rings. The Morgan fingerprint density at radius 2 is 2.00 bits per heavy atom. The van der Waals surface area contributed by atoms with Crippen molar-refractivity contribution in [2.24, 2.45) is 5.41 Å². The topological polar surface area (TPSA) is 72.0 Å². The summed E-state index contributed by atoms with van der Waals surface area (Å²) in [5.74, 6) is -0.253. The summed E-state index contributed by atoms with van der Waals surface area (Å²) in [6, 6.07) is 0. The van der Waals surface area contributed by atoms with Crippen LogP contribution in [0.3, 0.4) is 0 Å². The van der Waals surface area contributed by atoms with Gasteiger partial charge >= 0.3 is 0 Å². The molecule has 1 rings (SSSR count). The molecule has 6 heteroatoms. The molecule has 0 saturated heterocycles. The Balaban J connectivity index is 2.61. The Labute approximate surface area is 111 Å². The number of hydrogen-bond acceptors (Lipinski definition) is 5. The van der Waals surface area contributed by atoms with Gasteiger partial charge < -0.3 is 5.32 Å². The van der Waals surface area contributed by atoms with Crippen LogP contribution in [0.25, 0.3) is 0 Å². The number of hydrogen-bond donors (Lipinski definition) is 1. The van der Waals surface area contributed by atoms with Crippen molar-refractivity contribution in [1.29, 1.82) is 0 Å². The molecule has 0 atom stereocenters. The van der Waals surface area contributed by atoms with Crippen LogP contribution >= 0.6 is 11.5 Å². The van der Waals surface area contributed by atoms with Crippen LogP contribution in [-0.2, 0) is 11.2 Å². The maximum Gasteiger partial charge on any atom is 0.265 e. The predicted octanol–water partition coefficient (Wildman–Crippen LogP) is 1.84. The third-order valence-corrected chi connectivity index (χ3v) is 3.26. The van der Waals surface area contributed by atoms with Gasteiger partial charge in [0.2, 0.25) is 0 Å². The van der Waals surface area contributed by atoms with E-state index in [1.165, 1.54) is 0 Å². The van der Waals surface area contributed by atoms with Crippen LogP contribution in [0.1, 0.15) is 49.5 Å². The number of carbonyl (C=O) groups excluding carboxylic acids is 2. The molecule has 1 heterocycles. The normalized spacial score (nSPS) is 11.3. The van der Waals surface area contributed by atoms with E-state index in [2.05, 4.69) is 14.9 Å². The summed E-state index contributed by atoms with van der Waals surface area (Å²) in [6.07, 6.45) is 1.64. The monoisotopic (exact) mass is 269 g/mol. The fraction of sp³-hybridized carbons (Fsp3) is 0.667. The van der Waals surface area contributed by atoms with E-state index >= 15 is 0 Å². The predicted molar refractivity (Wildman–Crippen MR) is 70.7 cm³/mol. The van der Waals surface area contributed by atoms with Gasteiger partial charge in [-0.1, -0.05) is 38.6 Å². The maximum atomic E-state index is 11.9. The van der Waals surface area contributed by atoms with E-state index in [9.17, 15) is 9.59 Å². The second-order valence-corrected chi connectivity index (χ2v) is 5.91. The van der Waals surface area contributed by atoms with Crippen LogP contribution in [0.15, 0.2) is 0 Å². The van der Waals surface area contributed by atoms with Crippen molar-refractivity contribution in [2.75, 3.05) is 6.54 Å². The van der Waals surface area contributed by atoms with Crippen molar-refractivity contribution in [3.63, 3.8) is 0 Å². The third kappa shape index (κ3) is 3.87. The number of nitrogens with zero attached hydrogens (tertiary/aromatic N) is 2. The molecule has 1 amide bonds. The van der Waals surface area contributed by atoms with E-state index < -0.39 is 5.41 Å². The highest BCUT2D eigenvalue weighted by Gasteiger charge is 2.22. The highest BCUT2D eigenvalue weighted by molar-refractivity contribution is 7.08. The lowest BCUT2D eigenvalue weighted by Gasteiger charge is -2.16. The smallest absolute Gasteiger partial charge is 0.265 e. The lowest BCUT2D eigenvalue weighted by Crippen LogP contribution is -2.35. The Kier molecular flexibility index (Phi) is 4.95. The first-order valence-electron chi connectivity index (χ1n) is 5.99. The molecule has 0 unspecified atom stereocenters. The highest BCUT2D eigenvalue weighted by atomic mass is 32.1. The molecule has 0 spiro atoms. The summed E-state index contributed by atoms with van der Waals surface area (Å²) in [6.45, 7) is 7.56. The van der Waals surface area contributed by atoms with Crippen molar-refractivity contribution in [3.8, 4) is 0 Å². The van der Waals surface area contributed by atoms with Gasteiger partial charge in [0.25, 0.3) is 5.91 Å². The first kappa shape index (κ1) is 14.8. The van der Waals surface area contributed by atoms with Gasteiger partial charge in [0, 0.05) is 5.41 Å². The number of aromatic nitrogens is 2. The number of aryl methyl sites for hydroxylation is 1. The van der Waals surface area contributed by atoms with Crippen molar-refractivity contribution in [1.82, 2.24) is 14.9 Å². The second-order valence-electron chi connectivity index (χ2n) is 5.15. The molecule has 0 aliphatic heterocycles. The van der Waals surface area contributed by atoms with Gasteiger partial charge in [-0.25, -0.2) is 0 Å². The minimum Gasteiger partial charge on any atom is -0.344 e. The quantitative estimate of drug-likeness (QED) is 0.885. The number of amides is 1. The molecule has 1 aromatic heterocycles. The van der Waals surface area contributed by atoms with Gasteiger partial charge in [-0.15, -0.1) is 5.10 Å². The first-order valence-corrected chi connectivity index (χ1v) is 6.76. The summed E-state index contributed by atoms with van der Waals surface area (Å²) in [5.41, 5.74) is 0.272. The summed E-state index contributed by atoms with van der Waals surface area (Å²) < 4.78 is 3.78. The molecule has 0 saturated carbocycles. The van der Waals surface area contributed by atoms with Gasteiger partial charge in [-0.2, -0.15) is 0 Å². The molecular weight excluding hydrogens is 250 g/mol. The van der Waals surface area contributed by atoms with Crippen molar-refractivity contribution >= 4 is 23.2 Å². The zero-order valence-corrected chi connectivity index (χ0v) is 12.1. The molecule has 100 valence electrons. The molecule has 0 aliphatic carbocycles. The van der Waals surface area contributed by atoms with Gasteiger partial charge in [0.1, 0.15) is 4.88 Å². The largest absolute Gasteiger partial charge is 0.344 e. The Morgan fingerprint density at radius 3 is 2.56 bits per heavy atom. The SMILES string of the molecule is CCCc1nnsc1C(=O)NCC(=O)C(C)(C)C. The van der Waals surface area contributed by atoms with Gasteiger partial charge in [-0.3, -0.25) is 9.59 Å². The number of nitrogens with one attached hydrogen (secondary N) is 1. The molecule has 1 aromatic rings. The number of rotatable bonds is 5. The minimum absolute atomic E-state index is 0.00497.